The van der Waals surface area contributed by atoms with Crippen LogP contribution in [0.4, 0.5) is 0 Å². The van der Waals surface area contributed by atoms with E-state index in [1.54, 1.807) is 69.3 Å². The Labute approximate surface area is 258 Å². The Hall–Kier alpha value is -4.42. The average molecular weight is 625 g/mol. The van der Waals surface area contributed by atoms with Crippen LogP contribution < -0.4 is 29.1 Å². The van der Waals surface area contributed by atoms with Gasteiger partial charge in [0, 0.05) is 12.7 Å². The molecule has 2 atom stereocenters. The fraction of sp³-hybridized carbons (Fsp3) is 0.375. The zero-order chi connectivity index (χ0) is 31.8. The summed E-state index contributed by atoms with van der Waals surface area (Å²) in [5.74, 6) is 0.306. The Kier molecular flexibility index (Phi) is 11.0. The summed E-state index contributed by atoms with van der Waals surface area (Å²) < 4.78 is 34.7. The highest BCUT2D eigenvalue weighted by Crippen LogP contribution is 2.40. The molecular formula is C32H36N2O9S. The lowest BCUT2D eigenvalue weighted by atomic mass is 9.94. The maximum atomic E-state index is 14.0. The van der Waals surface area contributed by atoms with E-state index >= 15 is 0 Å². The smallest absolute Gasteiger partial charge is 0.347 e. The molecule has 12 heteroatoms. The highest BCUT2D eigenvalue weighted by Gasteiger charge is 2.36. The summed E-state index contributed by atoms with van der Waals surface area (Å²) >= 11 is 1.21. The van der Waals surface area contributed by atoms with E-state index in [4.69, 9.17) is 28.4 Å². The molecule has 44 heavy (non-hydrogen) atoms. The summed E-state index contributed by atoms with van der Waals surface area (Å²) in [6.45, 7) is 7.77. The third-order valence-electron chi connectivity index (χ3n) is 6.68. The van der Waals surface area contributed by atoms with Crippen molar-refractivity contribution in [1.29, 1.82) is 0 Å². The molecule has 2 aromatic carbocycles. The number of hydrogen-bond donors (Lipinski definition) is 0. The van der Waals surface area contributed by atoms with E-state index in [-0.39, 0.29) is 31.0 Å². The molecule has 11 nitrogen and oxygen atoms in total. The first kappa shape index (κ1) is 32.5. The molecule has 1 aromatic heterocycles. The van der Waals surface area contributed by atoms with Gasteiger partial charge in [-0.2, -0.15) is 0 Å². The fourth-order valence-corrected chi connectivity index (χ4v) is 5.73. The predicted octanol–water partition coefficient (Wildman–Crippen LogP) is 3.16. The molecule has 0 fully saturated rings. The van der Waals surface area contributed by atoms with Crippen LogP contribution in [0.5, 0.6) is 17.2 Å². The van der Waals surface area contributed by atoms with Gasteiger partial charge in [-0.15, -0.1) is 0 Å². The molecule has 1 aliphatic heterocycles. The van der Waals surface area contributed by atoms with Crippen LogP contribution in [-0.2, 0) is 23.8 Å². The van der Waals surface area contributed by atoms with Gasteiger partial charge in [0.1, 0.15) is 18.4 Å². The van der Waals surface area contributed by atoms with Crippen LogP contribution >= 0.6 is 11.3 Å². The minimum absolute atomic E-state index is 0.0396. The van der Waals surface area contributed by atoms with Crippen molar-refractivity contribution in [2.24, 2.45) is 4.99 Å². The number of carbonyl (C=O) groups excluding carboxylic acids is 2. The molecule has 0 unspecified atom stereocenters. The van der Waals surface area contributed by atoms with Crippen LogP contribution in [-0.4, -0.2) is 63.3 Å². The van der Waals surface area contributed by atoms with Gasteiger partial charge in [-0.25, -0.2) is 14.6 Å². The molecule has 234 valence electrons. The van der Waals surface area contributed by atoms with Crippen molar-refractivity contribution in [3.63, 3.8) is 0 Å². The Morgan fingerprint density at radius 3 is 2.45 bits per heavy atom. The number of esters is 2. The van der Waals surface area contributed by atoms with Gasteiger partial charge in [0.05, 0.1) is 42.7 Å². The van der Waals surface area contributed by atoms with E-state index in [9.17, 15) is 14.4 Å². The second-order valence-electron chi connectivity index (χ2n) is 9.60. The van der Waals surface area contributed by atoms with E-state index in [1.165, 1.54) is 30.1 Å². The van der Waals surface area contributed by atoms with Gasteiger partial charge in [-0.05, 0) is 57.5 Å². The van der Waals surface area contributed by atoms with Gasteiger partial charge in [-0.3, -0.25) is 9.36 Å². The molecular weight excluding hydrogens is 588 g/mol. The van der Waals surface area contributed by atoms with Gasteiger partial charge in [0.15, 0.2) is 22.4 Å². The van der Waals surface area contributed by atoms with Crippen molar-refractivity contribution in [3.05, 3.63) is 84.5 Å². The van der Waals surface area contributed by atoms with Crippen molar-refractivity contribution >= 4 is 29.4 Å². The molecule has 3 aromatic rings. The standard InChI is InChI=1S/C32H36N2O9S/c1-7-40-28-23(10-9-11-24(28)39-6)27-26(31(37)42-17-16-38-5)19(3)33-32-34(27)29(35)25(44-32)18-21-12-14-22(15-13-21)43-20(4)30(36)41-8-2/h9-15,18,20,27H,7-8,16-17H2,1-6H3/b25-18+/t20-,27-/m1/s1. The average Bonchev–Trinajstić information content (AvgIpc) is 3.31. The van der Waals surface area contributed by atoms with Gasteiger partial charge in [0.25, 0.3) is 5.56 Å². The van der Waals surface area contributed by atoms with Crippen LogP contribution in [0.15, 0.2) is 63.5 Å². The second kappa shape index (κ2) is 14.8. The fourth-order valence-electron chi connectivity index (χ4n) is 4.69. The lowest BCUT2D eigenvalue weighted by molar-refractivity contribution is -0.150. The number of hydrogen-bond acceptors (Lipinski definition) is 11. The number of methoxy groups -OCH3 is 2. The topological polar surface area (TPSA) is 124 Å². The van der Waals surface area contributed by atoms with Crippen molar-refractivity contribution in [2.45, 2.75) is 39.8 Å². The molecule has 0 N–H and O–H groups in total. The summed E-state index contributed by atoms with van der Waals surface area (Å²) in [5, 5.41) is 0. The summed E-state index contributed by atoms with van der Waals surface area (Å²) in [6.07, 6.45) is 0.978. The minimum atomic E-state index is -0.889. The number of benzene rings is 2. The van der Waals surface area contributed by atoms with E-state index < -0.39 is 24.1 Å². The van der Waals surface area contributed by atoms with Crippen LogP contribution in [0.2, 0.25) is 0 Å². The molecule has 1 aliphatic rings. The largest absolute Gasteiger partial charge is 0.493 e. The molecule has 0 saturated carbocycles. The van der Waals surface area contributed by atoms with Crippen molar-refractivity contribution < 1.29 is 38.0 Å². The predicted molar refractivity (Wildman–Crippen MR) is 164 cm³/mol. The van der Waals surface area contributed by atoms with E-state index in [1.807, 2.05) is 6.92 Å². The first-order valence-corrected chi connectivity index (χ1v) is 15.0. The Morgan fingerprint density at radius 2 is 1.80 bits per heavy atom. The van der Waals surface area contributed by atoms with E-state index in [0.29, 0.717) is 44.4 Å². The van der Waals surface area contributed by atoms with Crippen LogP contribution in [0.3, 0.4) is 0 Å². The molecule has 0 bridgehead atoms. The third-order valence-corrected chi connectivity index (χ3v) is 7.67. The van der Waals surface area contributed by atoms with Crippen molar-refractivity contribution in [3.8, 4) is 17.2 Å². The molecule has 0 spiro atoms. The first-order valence-electron chi connectivity index (χ1n) is 14.2. The van der Waals surface area contributed by atoms with Crippen LogP contribution in [0, 0.1) is 0 Å². The number of rotatable bonds is 13. The number of thiazole rings is 1. The van der Waals surface area contributed by atoms with E-state index in [0.717, 1.165) is 5.56 Å². The number of carbonyl (C=O) groups is 2. The quantitative estimate of drug-likeness (QED) is 0.208. The van der Waals surface area contributed by atoms with E-state index in [2.05, 4.69) is 4.99 Å². The zero-order valence-corrected chi connectivity index (χ0v) is 26.4. The van der Waals surface area contributed by atoms with Gasteiger partial charge in [0.2, 0.25) is 0 Å². The van der Waals surface area contributed by atoms with Crippen LogP contribution in [0.1, 0.15) is 44.9 Å². The molecule has 0 amide bonds. The summed E-state index contributed by atoms with van der Waals surface area (Å²) in [6, 6.07) is 11.4. The Balaban J connectivity index is 1.80. The maximum absolute atomic E-state index is 14.0. The maximum Gasteiger partial charge on any atom is 0.347 e. The molecule has 0 saturated heterocycles. The monoisotopic (exact) mass is 624 g/mol. The minimum Gasteiger partial charge on any atom is -0.493 e. The van der Waals surface area contributed by atoms with Crippen molar-refractivity contribution in [1.82, 2.24) is 4.57 Å². The van der Waals surface area contributed by atoms with Crippen LogP contribution in [0.25, 0.3) is 6.08 Å². The SMILES string of the molecule is CCOC(=O)[C@@H](C)Oc1ccc(/C=c2/sc3n(c2=O)[C@H](c2cccc(OC)c2OCC)C(C(=O)OCCOC)=C(C)N=3)cc1. The summed E-state index contributed by atoms with van der Waals surface area (Å²) in [4.78, 5) is 44.5. The molecule has 0 aliphatic carbocycles. The van der Waals surface area contributed by atoms with Gasteiger partial charge >= 0.3 is 11.9 Å². The Bertz CT molecular complexity index is 1710. The Morgan fingerprint density at radius 1 is 1.05 bits per heavy atom. The highest BCUT2D eigenvalue weighted by molar-refractivity contribution is 7.07. The summed E-state index contributed by atoms with van der Waals surface area (Å²) in [5.41, 5.74) is 1.59. The lowest BCUT2D eigenvalue weighted by Gasteiger charge is -2.27. The first-order chi connectivity index (χ1) is 21.2. The second-order valence-corrected chi connectivity index (χ2v) is 10.6. The molecule has 4 rings (SSSR count). The number of aromatic nitrogens is 1. The highest BCUT2D eigenvalue weighted by atomic mass is 32.1. The van der Waals surface area contributed by atoms with Crippen molar-refractivity contribution in [2.75, 3.05) is 40.6 Å². The zero-order valence-electron chi connectivity index (χ0n) is 25.6. The molecule has 2 heterocycles. The third kappa shape index (κ3) is 7.03. The molecule has 0 radical (unpaired) electrons. The number of allylic oxidation sites excluding steroid dienone is 1. The normalized spacial score (nSPS) is 15.2. The number of fused-ring (bicyclic) bond motifs is 1. The number of nitrogens with zero attached hydrogens (tertiary/aromatic N) is 2. The number of ether oxygens (including phenoxy) is 6. The van der Waals surface area contributed by atoms with Gasteiger partial charge in [-0.1, -0.05) is 35.6 Å². The number of para-hydroxylation sites is 1. The summed E-state index contributed by atoms with van der Waals surface area (Å²) in [7, 11) is 3.05. The lowest BCUT2D eigenvalue weighted by Crippen LogP contribution is -2.40. The van der Waals surface area contributed by atoms with Gasteiger partial charge < -0.3 is 28.4 Å².